The number of aromatic nitrogens is 1. The van der Waals surface area contributed by atoms with Crippen LogP contribution in [0.2, 0.25) is 0 Å². The van der Waals surface area contributed by atoms with Crippen LogP contribution in [0.3, 0.4) is 0 Å². The van der Waals surface area contributed by atoms with Crippen LogP contribution < -0.4 is 4.90 Å². The first-order chi connectivity index (χ1) is 13.4. The SMILES string of the molecule is c1ccc2c(c1)Sc1ccccc1N2c1ccc2[nH]c3ccccc3c2c1. The molecule has 0 bridgehead atoms. The average molecular weight is 364 g/mol. The van der Waals surface area contributed by atoms with Crippen molar-refractivity contribution in [3.8, 4) is 0 Å². The maximum Gasteiger partial charge on any atom is 0.0601 e. The van der Waals surface area contributed by atoms with E-state index in [-0.39, 0.29) is 0 Å². The van der Waals surface area contributed by atoms with E-state index in [1.807, 2.05) is 11.8 Å². The third-order valence-electron chi connectivity index (χ3n) is 5.18. The van der Waals surface area contributed by atoms with Crippen molar-refractivity contribution in [2.75, 3.05) is 4.90 Å². The molecule has 6 rings (SSSR count). The first-order valence-corrected chi connectivity index (χ1v) is 9.87. The Hall–Kier alpha value is -3.17. The summed E-state index contributed by atoms with van der Waals surface area (Å²) in [6.45, 7) is 0. The molecular weight excluding hydrogens is 348 g/mol. The number of nitrogens with zero attached hydrogens (tertiary/aromatic N) is 1. The summed E-state index contributed by atoms with van der Waals surface area (Å²) in [5, 5.41) is 2.53. The Morgan fingerprint density at radius 1 is 0.593 bits per heavy atom. The number of para-hydroxylation sites is 3. The van der Waals surface area contributed by atoms with E-state index in [9.17, 15) is 0 Å². The number of aromatic amines is 1. The number of hydrogen-bond donors (Lipinski definition) is 1. The normalized spacial score (nSPS) is 13.0. The van der Waals surface area contributed by atoms with Crippen LogP contribution in [-0.2, 0) is 0 Å². The van der Waals surface area contributed by atoms with Crippen molar-refractivity contribution in [1.29, 1.82) is 0 Å². The summed E-state index contributed by atoms with van der Waals surface area (Å²) >= 11 is 1.84. The van der Waals surface area contributed by atoms with E-state index in [0.717, 1.165) is 0 Å². The number of benzene rings is 4. The molecular formula is C24H16N2S. The smallest absolute Gasteiger partial charge is 0.0601 e. The third-order valence-corrected chi connectivity index (χ3v) is 6.31. The van der Waals surface area contributed by atoms with Gasteiger partial charge in [0.1, 0.15) is 0 Å². The highest BCUT2D eigenvalue weighted by atomic mass is 32.2. The van der Waals surface area contributed by atoms with Crippen LogP contribution in [0.4, 0.5) is 17.1 Å². The highest BCUT2D eigenvalue weighted by molar-refractivity contribution is 7.99. The standard InChI is InChI=1S/C24H16N2S/c1-2-8-19-17(7-1)18-15-16(13-14-20(18)25-19)26-21-9-3-5-11-23(21)27-24-12-6-4-10-22(24)26/h1-15,25H. The lowest BCUT2D eigenvalue weighted by molar-refractivity contribution is 1.17. The lowest BCUT2D eigenvalue weighted by Gasteiger charge is -2.32. The molecule has 0 atom stereocenters. The van der Waals surface area contributed by atoms with Gasteiger partial charge in [0, 0.05) is 37.3 Å². The lowest BCUT2D eigenvalue weighted by Crippen LogP contribution is -2.14. The summed E-state index contributed by atoms with van der Waals surface area (Å²) in [7, 11) is 0. The minimum atomic E-state index is 1.17. The first-order valence-electron chi connectivity index (χ1n) is 9.05. The second kappa shape index (κ2) is 5.66. The maximum atomic E-state index is 3.52. The van der Waals surface area contributed by atoms with Gasteiger partial charge in [-0.2, -0.15) is 0 Å². The van der Waals surface area contributed by atoms with Crippen molar-refractivity contribution in [2.24, 2.45) is 0 Å². The zero-order chi connectivity index (χ0) is 17.8. The molecule has 128 valence electrons. The van der Waals surface area contributed by atoms with Gasteiger partial charge in [0.2, 0.25) is 0 Å². The summed E-state index contributed by atoms with van der Waals surface area (Å²) in [6.07, 6.45) is 0. The molecule has 4 aromatic carbocycles. The van der Waals surface area contributed by atoms with Gasteiger partial charge in [-0.1, -0.05) is 54.2 Å². The molecule has 1 aliphatic rings. The fraction of sp³-hybridized carbons (Fsp3) is 0. The predicted octanol–water partition coefficient (Wildman–Crippen LogP) is 7.26. The highest BCUT2D eigenvalue weighted by Gasteiger charge is 2.24. The minimum Gasteiger partial charge on any atom is -0.355 e. The van der Waals surface area contributed by atoms with E-state index in [4.69, 9.17) is 0 Å². The van der Waals surface area contributed by atoms with Crippen LogP contribution in [0.5, 0.6) is 0 Å². The quantitative estimate of drug-likeness (QED) is 0.331. The van der Waals surface area contributed by atoms with Crippen LogP contribution >= 0.6 is 11.8 Å². The molecule has 0 saturated carbocycles. The maximum absolute atomic E-state index is 3.52. The highest BCUT2D eigenvalue weighted by Crippen LogP contribution is 2.51. The molecule has 0 fully saturated rings. The van der Waals surface area contributed by atoms with Gasteiger partial charge in [0.25, 0.3) is 0 Å². The summed E-state index contributed by atoms with van der Waals surface area (Å²) in [4.78, 5) is 8.48. The zero-order valence-corrected chi connectivity index (χ0v) is 15.3. The van der Waals surface area contributed by atoms with Gasteiger partial charge in [-0.3, -0.25) is 0 Å². The summed E-state index contributed by atoms with van der Waals surface area (Å²) in [5.41, 5.74) is 6.01. The Labute approximate surface area is 161 Å². The van der Waals surface area contributed by atoms with E-state index in [2.05, 4.69) is 101 Å². The molecule has 2 heterocycles. The Bertz CT molecular complexity index is 1270. The number of hydrogen-bond acceptors (Lipinski definition) is 2. The predicted molar refractivity (Wildman–Crippen MR) is 115 cm³/mol. The fourth-order valence-electron chi connectivity index (χ4n) is 3.96. The number of nitrogens with one attached hydrogen (secondary N) is 1. The Balaban J connectivity index is 1.63. The molecule has 1 aliphatic heterocycles. The van der Waals surface area contributed by atoms with Gasteiger partial charge in [-0.15, -0.1) is 0 Å². The van der Waals surface area contributed by atoms with E-state index in [0.29, 0.717) is 0 Å². The molecule has 0 amide bonds. The number of anilines is 3. The molecule has 0 saturated heterocycles. The molecule has 27 heavy (non-hydrogen) atoms. The molecule has 1 aromatic heterocycles. The Kier molecular flexibility index (Phi) is 3.13. The van der Waals surface area contributed by atoms with Crippen molar-refractivity contribution in [1.82, 2.24) is 4.98 Å². The summed E-state index contributed by atoms with van der Waals surface area (Å²) in [5.74, 6) is 0. The van der Waals surface area contributed by atoms with Crippen molar-refractivity contribution < 1.29 is 0 Å². The van der Waals surface area contributed by atoms with Gasteiger partial charge in [0.15, 0.2) is 0 Å². The zero-order valence-electron chi connectivity index (χ0n) is 14.5. The first kappa shape index (κ1) is 14.9. The van der Waals surface area contributed by atoms with Crippen molar-refractivity contribution >= 4 is 50.6 Å². The summed E-state index contributed by atoms with van der Waals surface area (Å²) < 4.78 is 0. The van der Waals surface area contributed by atoms with Crippen LogP contribution in [0.1, 0.15) is 0 Å². The van der Waals surface area contributed by atoms with Crippen LogP contribution in [0.25, 0.3) is 21.8 Å². The average Bonchev–Trinajstić information content (AvgIpc) is 3.10. The van der Waals surface area contributed by atoms with E-state index in [1.54, 1.807) is 0 Å². The second-order valence-corrected chi connectivity index (χ2v) is 7.86. The van der Waals surface area contributed by atoms with E-state index in [1.165, 1.54) is 48.7 Å². The molecule has 3 heteroatoms. The number of fused-ring (bicyclic) bond motifs is 5. The van der Waals surface area contributed by atoms with Crippen molar-refractivity contribution in [2.45, 2.75) is 9.79 Å². The van der Waals surface area contributed by atoms with Gasteiger partial charge in [0.05, 0.1) is 11.4 Å². The third kappa shape index (κ3) is 2.22. The van der Waals surface area contributed by atoms with E-state index >= 15 is 0 Å². The van der Waals surface area contributed by atoms with Crippen LogP contribution in [-0.4, -0.2) is 4.98 Å². The molecule has 5 aromatic rings. The molecule has 0 radical (unpaired) electrons. The van der Waals surface area contributed by atoms with E-state index < -0.39 is 0 Å². The fourth-order valence-corrected chi connectivity index (χ4v) is 5.02. The second-order valence-electron chi connectivity index (χ2n) is 6.77. The van der Waals surface area contributed by atoms with Gasteiger partial charge in [-0.25, -0.2) is 0 Å². The van der Waals surface area contributed by atoms with Gasteiger partial charge >= 0.3 is 0 Å². The molecule has 0 spiro atoms. The summed E-state index contributed by atoms with van der Waals surface area (Å²) in [6, 6.07) is 32.5. The molecule has 1 N–H and O–H groups in total. The van der Waals surface area contributed by atoms with Gasteiger partial charge in [-0.05, 0) is 48.5 Å². The molecule has 0 unspecified atom stereocenters. The molecule has 2 nitrogen and oxygen atoms in total. The Morgan fingerprint density at radius 2 is 1.22 bits per heavy atom. The Morgan fingerprint density at radius 3 is 2.00 bits per heavy atom. The topological polar surface area (TPSA) is 19.0 Å². The van der Waals surface area contributed by atoms with Crippen molar-refractivity contribution in [3.05, 3.63) is 91.0 Å². The largest absolute Gasteiger partial charge is 0.355 e. The van der Waals surface area contributed by atoms with Crippen LogP contribution in [0, 0.1) is 0 Å². The minimum absolute atomic E-state index is 1.17. The lowest BCUT2D eigenvalue weighted by atomic mass is 10.1. The number of H-pyrrole nitrogens is 1. The van der Waals surface area contributed by atoms with Crippen LogP contribution in [0.15, 0.2) is 101 Å². The monoisotopic (exact) mass is 364 g/mol. The van der Waals surface area contributed by atoms with Crippen molar-refractivity contribution in [3.63, 3.8) is 0 Å². The number of rotatable bonds is 1. The van der Waals surface area contributed by atoms with Gasteiger partial charge < -0.3 is 9.88 Å². The molecule has 0 aliphatic carbocycles.